The van der Waals surface area contributed by atoms with E-state index in [2.05, 4.69) is 41.2 Å². The van der Waals surface area contributed by atoms with Crippen LogP contribution in [-0.2, 0) is 16.6 Å². The van der Waals surface area contributed by atoms with Crippen molar-refractivity contribution in [2.45, 2.75) is 19.5 Å². The van der Waals surface area contributed by atoms with Crippen molar-refractivity contribution >= 4 is 20.9 Å². The number of hydrogen-bond donors (Lipinski definition) is 0. The van der Waals surface area contributed by atoms with E-state index < -0.39 is 10.0 Å². The van der Waals surface area contributed by atoms with E-state index in [0.717, 1.165) is 34.3 Å². The molecule has 1 aliphatic rings. The quantitative estimate of drug-likeness (QED) is 0.429. The van der Waals surface area contributed by atoms with E-state index in [1.54, 1.807) is 27.3 Å². The number of rotatable bonds is 5. The van der Waals surface area contributed by atoms with Crippen LogP contribution in [0.2, 0.25) is 0 Å². The van der Waals surface area contributed by atoms with Gasteiger partial charge in [0.2, 0.25) is 10.0 Å². The normalized spacial score (nSPS) is 17.9. The molecule has 3 aromatic carbocycles. The summed E-state index contributed by atoms with van der Waals surface area (Å²) in [5.41, 5.74) is 5.07. The number of benzene rings is 3. The zero-order valence-electron chi connectivity index (χ0n) is 19.2. The number of nitrogens with zero attached hydrogens (tertiary/aromatic N) is 4. The smallest absolute Gasteiger partial charge is 0.211 e. The van der Waals surface area contributed by atoms with Gasteiger partial charge in [-0.05, 0) is 60.0 Å². The molecule has 1 saturated heterocycles. The topological polar surface area (TPSA) is 58.4 Å². The Morgan fingerprint density at radius 1 is 1.03 bits per heavy atom. The highest BCUT2D eigenvalue weighted by Gasteiger charge is 2.33. The summed E-state index contributed by atoms with van der Waals surface area (Å²) in [5.74, 6) is -0.287. The van der Waals surface area contributed by atoms with Crippen LogP contribution in [0.4, 0.5) is 4.39 Å². The molecule has 0 saturated carbocycles. The molecular formula is C26H27FN4O2S. The van der Waals surface area contributed by atoms with Gasteiger partial charge in [-0.2, -0.15) is 9.40 Å². The van der Waals surface area contributed by atoms with Crippen molar-refractivity contribution in [3.63, 3.8) is 0 Å². The van der Waals surface area contributed by atoms with Crippen LogP contribution < -0.4 is 0 Å². The summed E-state index contributed by atoms with van der Waals surface area (Å²) in [4.78, 5) is 2.36. The maximum Gasteiger partial charge on any atom is 0.211 e. The molecule has 0 spiro atoms. The molecule has 2 heterocycles. The lowest BCUT2D eigenvalue weighted by Crippen LogP contribution is -2.49. The molecule has 1 fully saturated rings. The summed E-state index contributed by atoms with van der Waals surface area (Å²) >= 11 is 0. The number of fused-ring (bicyclic) bond motifs is 1. The van der Waals surface area contributed by atoms with Crippen LogP contribution in [0, 0.1) is 12.7 Å². The van der Waals surface area contributed by atoms with E-state index in [-0.39, 0.29) is 11.9 Å². The molecule has 4 aromatic rings. The monoisotopic (exact) mass is 478 g/mol. The number of halogens is 1. The zero-order chi connectivity index (χ0) is 23.9. The molecule has 0 amide bonds. The van der Waals surface area contributed by atoms with Crippen LogP contribution >= 0.6 is 0 Å². The third kappa shape index (κ3) is 4.49. The first-order valence-electron chi connectivity index (χ1n) is 11.3. The van der Waals surface area contributed by atoms with Gasteiger partial charge in [-0.15, -0.1) is 0 Å². The van der Waals surface area contributed by atoms with Gasteiger partial charge in [0.1, 0.15) is 5.82 Å². The van der Waals surface area contributed by atoms with Gasteiger partial charge in [-0.25, -0.2) is 17.5 Å². The number of aryl methyl sites for hydroxylation is 1. The fourth-order valence-corrected chi connectivity index (χ4v) is 5.57. The minimum atomic E-state index is -3.29. The largest absolute Gasteiger partial charge is 0.289 e. The Morgan fingerprint density at radius 3 is 2.47 bits per heavy atom. The SMILES string of the molecule is Cc1cc2c(cnn2-c2ccc(F)cc2)cc1[C@@H]1CN(S(C)(=O)=O)CCN1Cc1ccccc1. The van der Waals surface area contributed by atoms with Gasteiger partial charge in [0.15, 0.2) is 0 Å². The van der Waals surface area contributed by atoms with Gasteiger partial charge in [0.05, 0.1) is 23.7 Å². The van der Waals surface area contributed by atoms with Crippen molar-refractivity contribution in [2.24, 2.45) is 0 Å². The number of aromatic nitrogens is 2. The van der Waals surface area contributed by atoms with Crippen molar-refractivity contribution in [3.05, 3.63) is 95.4 Å². The average Bonchev–Trinajstić information content (AvgIpc) is 3.22. The van der Waals surface area contributed by atoms with Crippen molar-refractivity contribution < 1.29 is 12.8 Å². The summed E-state index contributed by atoms with van der Waals surface area (Å²) in [6.45, 7) is 4.33. The van der Waals surface area contributed by atoms with Crippen LogP contribution in [0.5, 0.6) is 0 Å². The summed E-state index contributed by atoms with van der Waals surface area (Å²) in [6, 6.07) is 20.6. The Labute approximate surface area is 199 Å². The first-order valence-corrected chi connectivity index (χ1v) is 13.1. The molecule has 1 aromatic heterocycles. The van der Waals surface area contributed by atoms with E-state index in [4.69, 9.17) is 0 Å². The standard InChI is InChI=1S/C26H27FN4O2S/c1-19-14-25-21(16-28-31(25)23-10-8-22(27)9-11-23)15-24(19)26-18-30(34(2,32)33)13-12-29(26)17-20-6-4-3-5-7-20/h3-11,14-16,26H,12-13,17-18H2,1-2H3/t26-/m0/s1. The fourth-order valence-electron chi connectivity index (χ4n) is 4.74. The first-order chi connectivity index (χ1) is 16.3. The van der Waals surface area contributed by atoms with Crippen LogP contribution in [0.1, 0.15) is 22.7 Å². The predicted octanol–water partition coefficient (Wildman–Crippen LogP) is 4.29. The fraction of sp³-hybridized carbons (Fsp3) is 0.269. The Bertz CT molecular complexity index is 1420. The van der Waals surface area contributed by atoms with Crippen molar-refractivity contribution in [2.75, 3.05) is 25.9 Å². The maximum atomic E-state index is 13.4. The summed E-state index contributed by atoms with van der Waals surface area (Å²) < 4.78 is 41.5. The second-order valence-corrected chi connectivity index (χ2v) is 10.9. The van der Waals surface area contributed by atoms with Gasteiger partial charge in [-0.3, -0.25) is 4.90 Å². The maximum absolute atomic E-state index is 13.4. The van der Waals surface area contributed by atoms with E-state index in [1.165, 1.54) is 24.0 Å². The Balaban J connectivity index is 1.54. The molecule has 0 radical (unpaired) electrons. The predicted molar refractivity (Wildman–Crippen MR) is 132 cm³/mol. The van der Waals surface area contributed by atoms with E-state index in [9.17, 15) is 12.8 Å². The molecule has 34 heavy (non-hydrogen) atoms. The van der Waals surface area contributed by atoms with Gasteiger partial charge in [0.25, 0.3) is 0 Å². The molecule has 1 aliphatic heterocycles. The molecule has 5 rings (SSSR count). The second kappa shape index (κ2) is 8.94. The minimum absolute atomic E-state index is 0.0812. The van der Waals surface area contributed by atoms with E-state index >= 15 is 0 Å². The number of sulfonamides is 1. The molecule has 0 bridgehead atoms. The molecular weight excluding hydrogens is 451 g/mol. The molecule has 6 nitrogen and oxygen atoms in total. The van der Waals surface area contributed by atoms with E-state index in [1.807, 2.05) is 18.2 Å². The first kappa shape index (κ1) is 22.7. The van der Waals surface area contributed by atoms with Gasteiger partial charge in [0, 0.05) is 37.6 Å². The van der Waals surface area contributed by atoms with Gasteiger partial charge in [-0.1, -0.05) is 30.3 Å². The zero-order valence-corrected chi connectivity index (χ0v) is 20.0. The molecule has 1 atom stereocenters. The van der Waals surface area contributed by atoms with Crippen LogP contribution in [-0.4, -0.2) is 53.3 Å². The highest BCUT2D eigenvalue weighted by atomic mass is 32.2. The highest BCUT2D eigenvalue weighted by Crippen LogP contribution is 2.33. The molecule has 176 valence electrons. The van der Waals surface area contributed by atoms with Crippen LogP contribution in [0.15, 0.2) is 72.9 Å². The highest BCUT2D eigenvalue weighted by molar-refractivity contribution is 7.88. The average molecular weight is 479 g/mol. The van der Waals surface area contributed by atoms with Crippen LogP contribution in [0.25, 0.3) is 16.6 Å². The molecule has 0 aliphatic carbocycles. The number of hydrogen-bond acceptors (Lipinski definition) is 4. The molecule has 0 unspecified atom stereocenters. The Morgan fingerprint density at radius 2 is 1.76 bits per heavy atom. The number of piperazine rings is 1. The minimum Gasteiger partial charge on any atom is -0.289 e. The van der Waals surface area contributed by atoms with Gasteiger partial charge >= 0.3 is 0 Å². The van der Waals surface area contributed by atoms with Crippen LogP contribution in [0.3, 0.4) is 0 Å². The summed E-state index contributed by atoms with van der Waals surface area (Å²) in [7, 11) is -3.29. The lowest BCUT2D eigenvalue weighted by molar-refractivity contribution is 0.111. The lowest BCUT2D eigenvalue weighted by atomic mass is 9.96. The second-order valence-electron chi connectivity index (χ2n) is 8.89. The summed E-state index contributed by atoms with van der Waals surface area (Å²) in [6.07, 6.45) is 3.08. The van der Waals surface area contributed by atoms with E-state index in [0.29, 0.717) is 19.6 Å². The third-order valence-corrected chi connectivity index (χ3v) is 7.81. The third-order valence-electron chi connectivity index (χ3n) is 6.54. The molecule has 8 heteroatoms. The summed E-state index contributed by atoms with van der Waals surface area (Å²) in [5, 5.41) is 5.50. The van der Waals surface area contributed by atoms with Crippen molar-refractivity contribution in [3.8, 4) is 5.69 Å². The van der Waals surface area contributed by atoms with Crippen molar-refractivity contribution in [1.82, 2.24) is 19.0 Å². The lowest BCUT2D eigenvalue weighted by Gasteiger charge is -2.41. The Hall–Kier alpha value is -3.07. The van der Waals surface area contributed by atoms with Crippen molar-refractivity contribution in [1.29, 1.82) is 0 Å². The Kier molecular flexibility index (Phi) is 5.97. The molecule has 0 N–H and O–H groups in total. The van der Waals surface area contributed by atoms with Gasteiger partial charge < -0.3 is 0 Å².